The highest BCUT2D eigenvalue weighted by atomic mass is 35.5. The minimum atomic E-state index is -0.523. The quantitative estimate of drug-likeness (QED) is 0.282. The standard InChI is InChI=1S/C33H34ClFN6O3/c1-7-25(42)39-12-13-40(19(5)15-39)32-20-14-22(34)27-26-21(24(36-6)9-8-23(26)35)16-44-31(27)30(20)41(33(43)38-32)29-18(4)10-11-37-28(29)17(2)3/h7-11,14,17,19,36H,1,12-13,15-16H2,2-6H3/t19-/m0/s1. The zero-order valence-electron chi connectivity index (χ0n) is 25.4. The predicted octanol–water partition coefficient (Wildman–Crippen LogP) is 5.83. The van der Waals surface area contributed by atoms with Crippen molar-refractivity contribution in [1.29, 1.82) is 0 Å². The summed E-state index contributed by atoms with van der Waals surface area (Å²) in [6.45, 7) is 12.9. The maximum Gasteiger partial charge on any atom is 0.354 e. The molecule has 9 nitrogen and oxygen atoms in total. The van der Waals surface area contributed by atoms with Crippen molar-refractivity contribution in [2.45, 2.75) is 46.3 Å². The van der Waals surface area contributed by atoms with E-state index in [2.05, 4.69) is 21.9 Å². The molecule has 1 amide bonds. The molecule has 228 valence electrons. The van der Waals surface area contributed by atoms with Crippen LogP contribution in [-0.2, 0) is 11.4 Å². The average molecular weight is 617 g/mol. The summed E-state index contributed by atoms with van der Waals surface area (Å²) in [6, 6.07) is 6.49. The SMILES string of the molecule is C=CC(=O)N1CCN(c2nc(=O)n(-c3c(C)ccnc3C(C)C)c3c4c(c(Cl)cc23)-c2c(F)ccc(NC)c2CO4)[C@@H](C)C1. The molecule has 1 atom stereocenters. The number of hydrogen-bond donors (Lipinski definition) is 1. The van der Waals surface area contributed by atoms with Crippen LogP contribution in [0.3, 0.4) is 0 Å². The van der Waals surface area contributed by atoms with Crippen molar-refractivity contribution in [2.24, 2.45) is 0 Å². The van der Waals surface area contributed by atoms with Gasteiger partial charge in [0.1, 0.15) is 23.8 Å². The van der Waals surface area contributed by atoms with Gasteiger partial charge in [0.05, 0.1) is 16.4 Å². The number of aromatic nitrogens is 3. The van der Waals surface area contributed by atoms with Crippen LogP contribution in [-0.4, -0.2) is 58.1 Å². The number of rotatable bonds is 5. The van der Waals surface area contributed by atoms with Gasteiger partial charge in [0.2, 0.25) is 5.91 Å². The van der Waals surface area contributed by atoms with E-state index in [0.717, 1.165) is 16.9 Å². The first-order chi connectivity index (χ1) is 21.1. The Morgan fingerprint density at radius 3 is 2.70 bits per heavy atom. The zero-order chi connectivity index (χ0) is 31.4. The molecule has 0 aliphatic carbocycles. The van der Waals surface area contributed by atoms with Gasteiger partial charge in [-0.25, -0.2) is 9.18 Å². The summed E-state index contributed by atoms with van der Waals surface area (Å²) < 4.78 is 23.6. The summed E-state index contributed by atoms with van der Waals surface area (Å²) in [6.07, 6.45) is 3.03. The van der Waals surface area contributed by atoms with Crippen molar-refractivity contribution in [3.05, 3.63) is 81.3 Å². The number of piperazine rings is 1. The molecule has 0 spiro atoms. The molecule has 0 bridgehead atoms. The molecule has 11 heteroatoms. The number of carbonyl (C=O) groups is 1. The molecule has 1 saturated heterocycles. The summed E-state index contributed by atoms with van der Waals surface area (Å²) in [5.41, 5.74) is 4.14. The van der Waals surface area contributed by atoms with Gasteiger partial charge in [0.25, 0.3) is 0 Å². The number of ether oxygens (including phenoxy) is 1. The molecule has 6 rings (SSSR count). The Hall–Kier alpha value is -4.44. The van der Waals surface area contributed by atoms with Gasteiger partial charge in [-0.2, -0.15) is 4.98 Å². The first-order valence-electron chi connectivity index (χ1n) is 14.6. The molecule has 1 N–H and O–H groups in total. The second kappa shape index (κ2) is 11.2. The van der Waals surface area contributed by atoms with E-state index < -0.39 is 11.5 Å². The zero-order valence-corrected chi connectivity index (χ0v) is 26.1. The summed E-state index contributed by atoms with van der Waals surface area (Å²) in [4.78, 5) is 39.7. The summed E-state index contributed by atoms with van der Waals surface area (Å²) in [5, 5.41) is 3.96. The summed E-state index contributed by atoms with van der Waals surface area (Å²) in [7, 11) is 1.77. The van der Waals surface area contributed by atoms with Gasteiger partial charge in [-0.3, -0.25) is 14.3 Å². The number of halogens is 2. The molecule has 2 aromatic heterocycles. The number of amides is 1. The van der Waals surface area contributed by atoms with Crippen molar-refractivity contribution in [3.63, 3.8) is 0 Å². The van der Waals surface area contributed by atoms with Crippen LogP contribution in [0, 0.1) is 12.7 Å². The molecule has 0 unspecified atom stereocenters. The van der Waals surface area contributed by atoms with Gasteiger partial charge in [0.15, 0.2) is 5.75 Å². The molecule has 0 radical (unpaired) electrons. The van der Waals surface area contributed by atoms with Gasteiger partial charge in [0, 0.05) is 66.7 Å². The maximum atomic E-state index is 15.7. The van der Waals surface area contributed by atoms with Gasteiger partial charge >= 0.3 is 5.69 Å². The monoisotopic (exact) mass is 616 g/mol. The minimum absolute atomic E-state index is 0.0116. The van der Waals surface area contributed by atoms with E-state index in [1.54, 1.807) is 34.8 Å². The van der Waals surface area contributed by atoms with Gasteiger partial charge in [-0.15, -0.1) is 0 Å². The van der Waals surface area contributed by atoms with Crippen LogP contribution in [0.4, 0.5) is 15.9 Å². The number of nitrogens with one attached hydrogen (secondary N) is 1. The van der Waals surface area contributed by atoms with Crippen LogP contribution in [0.1, 0.15) is 43.5 Å². The third kappa shape index (κ3) is 4.59. The Labute approximate surface area is 259 Å². The fourth-order valence-corrected chi connectivity index (χ4v) is 6.70. The number of fused-ring (bicyclic) bond motifs is 5. The lowest BCUT2D eigenvalue weighted by Crippen LogP contribution is -2.54. The smallest absolute Gasteiger partial charge is 0.354 e. The van der Waals surface area contributed by atoms with Crippen LogP contribution in [0.15, 0.2) is 47.9 Å². The first-order valence-corrected chi connectivity index (χ1v) is 15.0. The van der Waals surface area contributed by atoms with Gasteiger partial charge in [-0.05, 0) is 55.7 Å². The number of anilines is 2. The number of hydrogen-bond acceptors (Lipinski definition) is 7. The molecule has 4 aromatic rings. The Bertz CT molecular complexity index is 1910. The van der Waals surface area contributed by atoms with Crippen LogP contribution in [0.25, 0.3) is 27.7 Å². The molecule has 4 heterocycles. The predicted molar refractivity (Wildman–Crippen MR) is 172 cm³/mol. The Kier molecular flexibility index (Phi) is 7.57. The molecular weight excluding hydrogens is 583 g/mol. The first kappa shape index (κ1) is 29.6. The van der Waals surface area contributed by atoms with Crippen molar-refractivity contribution in [2.75, 3.05) is 36.9 Å². The summed E-state index contributed by atoms with van der Waals surface area (Å²) in [5.74, 6) is 0.132. The number of benzene rings is 2. The number of pyridine rings is 1. The number of carbonyl (C=O) groups excluding carboxylic acids is 1. The largest absolute Gasteiger partial charge is 0.486 e. The van der Waals surface area contributed by atoms with Crippen molar-refractivity contribution in [1.82, 2.24) is 19.4 Å². The van der Waals surface area contributed by atoms with E-state index in [4.69, 9.17) is 16.3 Å². The highest BCUT2D eigenvalue weighted by Gasteiger charge is 2.34. The van der Waals surface area contributed by atoms with E-state index >= 15 is 4.39 Å². The van der Waals surface area contributed by atoms with Crippen molar-refractivity contribution >= 4 is 39.9 Å². The highest BCUT2D eigenvalue weighted by molar-refractivity contribution is 6.35. The van der Waals surface area contributed by atoms with Crippen molar-refractivity contribution in [3.8, 4) is 22.6 Å². The summed E-state index contributed by atoms with van der Waals surface area (Å²) >= 11 is 7.02. The molecular formula is C33H34ClFN6O3. The minimum Gasteiger partial charge on any atom is -0.486 e. The average Bonchev–Trinajstić information content (AvgIpc) is 3.00. The lowest BCUT2D eigenvalue weighted by atomic mass is 9.93. The van der Waals surface area contributed by atoms with Gasteiger partial charge < -0.3 is 19.9 Å². The van der Waals surface area contributed by atoms with Crippen LogP contribution >= 0.6 is 11.6 Å². The number of aryl methyl sites for hydroxylation is 1. The molecule has 2 aliphatic heterocycles. The third-order valence-corrected chi connectivity index (χ3v) is 8.82. The molecule has 44 heavy (non-hydrogen) atoms. The van der Waals surface area contributed by atoms with E-state index in [1.165, 1.54) is 12.1 Å². The fourth-order valence-electron chi connectivity index (χ4n) is 6.41. The normalized spacial score (nSPS) is 16.0. The second-order valence-electron chi connectivity index (χ2n) is 11.5. The highest BCUT2D eigenvalue weighted by Crippen LogP contribution is 2.50. The number of nitrogens with zero attached hydrogens (tertiary/aromatic N) is 5. The maximum absolute atomic E-state index is 15.7. The Morgan fingerprint density at radius 2 is 2.02 bits per heavy atom. The lowest BCUT2D eigenvalue weighted by Gasteiger charge is -2.40. The lowest BCUT2D eigenvalue weighted by molar-refractivity contribution is -0.126. The molecule has 0 saturated carbocycles. The molecule has 2 aromatic carbocycles. The second-order valence-corrected chi connectivity index (χ2v) is 12.0. The van der Waals surface area contributed by atoms with E-state index in [1.807, 2.05) is 38.7 Å². The topological polar surface area (TPSA) is 92.6 Å². The fraction of sp³-hybridized carbons (Fsp3) is 0.333. The Morgan fingerprint density at radius 1 is 1.25 bits per heavy atom. The Balaban J connectivity index is 1.71. The van der Waals surface area contributed by atoms with Crippen molar-refractivity contribution < 1.29 is 13.9 Å². The molecule has 1 fully saturated rings. The van der Waals surface area contributed by atoms with Crippen LogP contribution in [0.5, 0.6) is 5.75 Å². The van der Waals surface area contributed by atoms with Crippen LogP contribution < -0.4 is 20.6 Å². The van der Waals surface area contributed by atoms with E-state index in [-0.39, 0.29) is 29.5 Å². The van der Waals surface area contributed by atoms with Crippen LogP contribution in [0.2, 0.25) is 5.02 Å². The van der Waals surface area contributed by atoms with E-state index in [9.17, 15) is 9.59 Å². The van der Waals surface area contributed by atoms with Gasteiger partial charge in [-0.1, -0.05) is 32.0 Å². The van der Waals surface area contributed by atoms with E-state index in [0.29, 0.717) is 64.5 Å². The molecule has 2 aliphatic rings. The third-order valence-electron chi connectivity index (χ3n) is 8.52.